The zero-order valence-corrected chi connectivity index (χ0v) is 24.7. The van der Waals surface area contributed by atoms with Crippen molar-refractivity contribution >= 4 is 45.9 Å². The zero-order valence-electron chi connectivity index (χ0n) is 23.2. The summed E-state index contributed by atoms with van der Waals surface area (Å²) in [6, 6.07) is 20.6. The maximum absolute atomic E-state index is 12.6. The molecule has 214 valence electrons. The Hall–Kier alpha value is -2.86. The Balaban J connectivity index is 1.36. The van der Waals surface area contributed by atoms with Crippen LogP contribution in [0.1, 0.15) is 60.8 Å². The highest BCUT2D eigenvalue weighted by Crippen LogP contribution is 2.43. The number of alkyl halides is 1. The zero-order chi connectivity index (χ0) is 28.3. The van der Waals surface area contributed by atoms with Gasteiger partial charge in [-0.3, -0.25) is 14.1 Å². The van der Waals surface area contributed by atoms with Crippen molar-refractivity contribution in [2.75, 3.05) is 37.8 Å². The van der Waals surface area contributed by atoms with E-state index in [1.807, 2.05) is 23.1 Å². The Morgan fingerprint density at radius 2 is 1.73 bits per heavy atom. The molecule has 7 heteroatoms. The first-order valence-corrected chi connectivity index (χ1v) is 15.4. The number of carbonyl (C=O) groups excluding carboxylic acids is 1. The summed E-state index contributed by atoms with van der Waals surface area (Å²) in [4.78, 5) is 16.7. The van der Waals surface area contributed by atoms with Gasteiger partial charge >= 0.3 is 0 Å². The van der Waals surface area contributed by atoms with E-state index in [4.69, 9.17) is 27.9 Å². The Bertz CT molecular complexity index is 1460. The number of amides is 1. The van der Waals surface area contributed by atoms with Crippen molar-refractivity contribution in [1.29, 1.82) is 0 Å². The Morgan fingerprint density at radius 3 is 2.49 bits per heavy atom. The summed E-state index contributed by atoms with van der Waals surface area (Å²) in [6.07, 6.45) is 5.94. The third kappa shape index (κ3) is 6.18. The van der Waals surface area contributed by atoms with Crippen LogP contribution in [0.3, 0.4) is 0 Å². The van der Waals surface area contributed by atoms with Crippen molar-refractivity contribution in [1.82, 2.24) is 4.90 Å². The Morgan fingerprint density at radius 1 is 0.902 bits per heavy atom. The van der Waals surface area contributed by atoms with Gasteiger partial charge in [0.1, 0.15) is 11.9 Å². The molecule has 0 aromatic heterocycles. The summed E-state index contributed by atoms with van der Waals surface area (Å²) in [5.41, 5.74) is 7.86. The molecule has 0 bridgehead atoms. The second-order valence-electron chi connectivity index (χ2n) is 11.2. The van der Waals surface area contributed by atoms with Crippen LogP contribution in [0.4, 0.5) is 10.1 Å². The summed E-state index contributed by atoms with van der Waals surface area (Å²) in [5.74, 6) is 1.04. The molecule has 1 atom stereocenters. The number of carbonyl (C=O) groups is 1. The normalized spacial score (nSPS) is 19.5. The molecule has 2 saturated heterocycles. The number of likely N-dealkylation sites (tertiary alicyclic amines) is 1. The fourth-order valence-electron chi connectivity index (χ4n) is 6.47. The van der Waals surface area contributed by atoms with E-state index in [1.165, 1.54) is 16.7 Å². The van der Waals surface area contributed by atoms with Gasteiger partial charge in [-0.1, -0.05) is 47.5 Å². The van der Waals surface area contributed by atoms with Crippen LogP contribution >= 0.6 is 23.2 Å². The van der Waals surface area contributed by atoms with Gasteiger partial charge in [0.2, 0.25) is 5.91 Å². The van der Waals surface area contributed by atoms with Gasteiger partial charge in [0.25, 0.3) is 0 Å². The van der Waals surface area contributed by atoms with E-state index < -0.39 is 0 Å². The van der Waals surface area contributed by atoms with Crippen LogP contribution in [0.5, 0.6) is 5.75 Å². The molecule has 0 spiro atoms. The van der Waals surface area contributed by atoms with Gasteiger partial charge in [0.05, 0.1) is 6.67 Å². The van der Waals surface area contributed by atoms with Gasteiger partial charge in [0, 0.05) is 48.3 Å². The molecule has 0 unspecified atom stereocenters. The lowest BCUT2D eigenvalue weighted by molar-refractivity contribution is -0.117. The van der Waals surface area contributed by atoms with Gasteiger partial charge < -0.3 is 9.64 Å². The van der Waals surface area contributed by atoms with Crippen molar-refractivity contribution in [2.45, 2.75) is 51.0 Å². The minimum absolute atomic E-state index is 0.119. The smallest absolute Gasteiger partial charge is 0.227 e. The molecule has 2 aliphatic heterocycles. The van der Waals surface area contributed by atoms with Gasteiger partial charge in [0.15, 0.2) is 0 Å². The molecule has 41 heavy (non-hydrogen) atoms. The fraction of sp³-hybridized carbons (Fsp3) is 0.382. The maximum atomic E-state index is 12.6. The molecule has 0 radical (unpaired) electrons. The minimum atomic E-state index is -0.274. The van der Waals surface area contributed by atoms with Crippen LogP contribution in [0.15, 0.2) is 60.7 Å². The topological polar surface area (TPSA) is 32.8 Å². The molecule has 1 amide bonds. The SMILES string of the molecule is O=C1CCCN1c1ccc2c(c1)CCCC(c1ccc(Cl)cc1Cl)=C2c1ccc(O[C@H]2CCN(CCCF)C2)cc1. The van der Waals surface area contributed by atoms with Gasteiger partial charge in [-0.25, -0.2) is 0 Å². The largest absolute Gasteiger partial charge is 0.489 e. The molecule has 6 rings (SSSR count). The number of allylic oxidation sites excluding steroid dienone is 1. The number of halogens is 3. The number of anilines is 1. The number of hydrogen-bond donors (Lipinski definition) is 0. The summed E-state index contributed by atoms with van der Waals surface area (Å²) >= 11 is 13.0. The molecular weight excluding hydrogens is 558 g/mol. The molecule has 4 nitrogen and oxygen atoms in total. The van der Waals surface area contributed by atoms with Gasteiger partial charge in [-0.05, 0) is 108 Å². The number of fused-ring (bicyclic) bond motifs is 1. The summed E-state index contributed by atoms with van der Waals surface area (Å²) in [6.45, 7) is 3.07. The van der Waals surface area contributed by atoms with E-state index in [9.17, 15) is 9.18 Å². The quantitative estimate of drug-likeness (QED) is 0.264. The first-order valence-electron chi connectivity index (χ1n) is 14.7. The third-order valence-corrected chi connectivity index (χ3v) is 9.00. The van der Waals surface area contributed by atoms with Crippen molar-refractivity contribution in [3.8, 4) is 5.75 Å². The van der Waals surface area contributed by atoms with E-state index in [2.05, 4.69) is 47.4 Å². The fourth-order valence-corrected chi connectivity index (χ4v) is 6.99. The third-order valence-electron chi connectivity index (χ3n) is 8.46. The van der Waals surface area contributed by atoms with Gasteiger partial charge in [-0.2, -0.15) is 0 Å². The predicted molar refractivity (Wildman–Crippen MR) is 166 cm³/mol. The number of rotatable bonds is 8. The highest BCUT2D eigenvalue weighted by Gasteiger charge is 2.27. The molecule has 0 saturated carbocycles. The first kappa shape index (κ1) is 28.3. The number of aryl methyl sites for hydroxylation is 1. The maximum Gasteiger partial charge on any atom is 0.227 e. The van der Waals surface area contributed by atoms with Gasteiger partial charge in [-0.15, -0.1) is 0 Å². The lowest BCUT2D eigenvalue weighted by Crippen LogP contribution is -2.26. The van der Waals surface area contributed by atoms with Crippen LogP contribution in [-0.4, -0.2) is 49.8 Å². The average Bonchev–Trinajstić information content (AvgIpc) is 3.56. The summed E-state index contributed by atoms with van der Waals surface area (Å²) < 4.78 is 18.9. The van der Waals surface area contributed by atoms with E-state index >= 15 is 0 Å². The molecular formula is C34H35Cl2FN2O2. The summed E-state index contributed by atoms with van der Waals surface area (Å²) in [5, 5.41) is 1.26. The Kier molecular flexibility index (Phi) is 8.66. The lowest BCUT2D eigenvalue weighted by atomic mass is 9.87. The lowest BCUT2D eigenvalue weighted by Gasteiger charge is -2.21. The second kappa shape index (κ2) is 12.6. The second-order valence-corrected chi connectivity index (χ2v) is 12.1. The number of hydrogen-bond acceptors (Lipinski definition) is 3. The highest BCUT2D eigenvalue weighted by molar-refractivity contribution is 6.36. The first-order chi connectivity index (χ1) is 20.0. The average molecular weight is 594 g/mol. The van der Waals surface area contributed by atoms with E-state index in [0.717, 1.165) is 86.4 Å². The number of ether oxygens (including phenoxy) is 1. The van der Waals surface area contributed by atoms with Crippen LogP contribution in [-0.2, 0) is 11.2 Å². The van der Waals surface area contributed by atoms with Crippen molar-refractivity contribution in [2.24, 2.45) is 0 Å². The van der Waals surface area contributed by atoms with Crippen molar-refractivity contribution < 1.29 is 13.9 Å². The highest BCUT2D eigenvalue weighted by atomic mass is 35.5. The minimum Gasteiger partial charge on any atom is -0.489 e. The van der Waals surface area contributed by atoms with Crippen LogP contribution in [0, 0.1) is 0 Å². The molecule has 2 heterocycles. The van der Waals surface area contributed by atoms with E-state index in [0.29, 0.717) is 22.9 Å². The molecule has 3 aromatic rings. The van der Waals surface area contributed by atoms with Crippen LogP contribution in [0.25, 0.3) is 11.1 Å². The Labute approximate surface area is 251 Å². The van der Waals surface area contributed by atoms with E-state index in [-0.39, 0.29) is 18.7 Å². The number of benzene rings is 3. The van der Waals surface area contributed by atoms with Crippen LogP contribution < -0.4 is 9.64 Å². The molecule has 0 N–H and O–H groups in total. The summed E-state index contributed by atoms with van der Waals surface area (Å²) in [7, 11) is 0. The molecule has 3 aromatic carbocycles. The predicted octanol–water partition coefficient (Wildman–Crippen LogP) is 8.23. The molecule has 3 aliphatic rings. The molecule has 2 fully saturated rings. The number of nitrogens with zero attached hydrogens (tertiary/aromatic N) is 2. The van der Waals surface area contributed by atoms with Crippen LogP contribution in [0.2, 0.25) is 10.0 Å². The molecule has 1 aliphatic carbocycles. The van der Waals surface area contributed by atoms with Crippen molar-refractivity contribution in [3.05, 3.63) is 93.0 Å². The van der Waals surface area contributed by atoms with Crippen molar-refractivity contribution in [3.63, 3.8) is 0 Å². The monoisotopic (exact) mass is 592 g/mol. The van der Waals surface area contributed by atoms with E-state index in [1.54, 1.807) is 0 Å². The standard InChI is InChI=1S/C34H35Cl2FN2O2/c35-25-9-13-30(32(36)21-25)31-5-1-4-24-20-26(39-18-2-6-33(39)40)10-14-29(24)34(31)23-7-11-27(12-8-23)41-28-15-19-38(22-28)17-3-16-37/h7-14,20-21,28H,1-6,15-19,22H2/t28-/m0/s1.